The second-order valence-corrected chi connectivity index (χ2v) is 5.42. The van der Waals surface area contributed by atoms with E-state index in [1.807, 2.05) is 12.1 Å². The van der Waals surface area contributed by atoms with Crippen LogP contribution in [0.3, 0.4) is 0 Å². The molecule has 0 spiro atoms. The van der Waals surface area contributed by atoms with Crippen LogP contribution in [-0.4, -0.2) is 15.2 Å². The Balaban J connectivity index is 1.99. The Morgan fingerprint density at radius 1 is 1.05 bits per heavy atom. The van der Waals surface area contributed by atoms with E-state index >= 15 is 0 Å². The van der Waals surface area contributed by atoms with Gasteiger partial charge in [0, 0.05) is 18.0 Å². The Labute approximate surface area is 130 Å². The number of halogens is 1. The molecule has 0 saturated carbocycles. The van der Waals surface area contributed by atoms with Crippen LogP contribution in [-0.2, 0) is 6.42 Å². The molecule has 0 saturated heterocycles. The highest BCUT2D eigenvalue weighted by atomic mass is 35.5. The quantitative estimate of drug-likeness (QED) is 0.552. The van der Waals surface area contributed by atoms with Gasteiger partial charge in [0.05, 0.1) is 5.56 Å². The fraction of sp³-hybridized carbons (Fsp3) is 0.353. The molecule has 3 nitrogen and oxygen atoms in total. The number of carbonyl (C=O) groups excluding carboxylic acids is 1. The maximum absolute atomic E-state index is 11.0. The van der Waals surface area contributed by atoms with Gasteiger partial charge in [-0.05, 0) is 30.0 Å². The molecule has 4 heteroatoms. The fourth-order valence-electron chi connectivity index (χ4n) is 2.15. The van der Waals surface area contributed by atoms with Gasteiger partial charge in [-0.25, -0.2) is 9.97 Å². The van der Waals surface area contributed by atoms with E-state index < -0.39 is 5.24 Å². The van der Waals surface area contributed by atoms with Crippen molar-refractivity contribution in [1.82, 2.24) is 9.97 Å². The van der Waals surface area contributed by atoms with Crippen molar-refractivity contribution in [2.75, 3.05) is 0 Å². The first-order valence-electron chi connectivity index (χ1n) is 7.32. The van der Waals surface area contributed by atoms with Gasteiger partial charge in [0.25, 0.3) is 5.24 Å². The van der Waals surface area contributed by atoms with E-state index in [1.165, 1.54) is 43.6 Å². The van der Waals surface area contributed by atoms with Crippen LogP contribution in [0.5, 0.6) is 0 Å². The topological polar surface area (TPSA) is 42.9 Å². The van der Waals surface area contributed by atoms with Crippen LogP contribution in [0.2, 0.25) is 0 Å². The van der Waals surface area contributed by atoms with E-state index in [2.05, 4.69) is 29.0 Å². The second-order valence-electron chi connectivity index (χ2n) is 5.08. The Hall–Kier alpha value is -1.74. The molecule has 0 amide bonds. The van der Waals surface area contributed by atoms with Gasteiger partial charge >= 0.3 is 0 Å². The highest BCUT2D eigenvalue weighted by molar-refractivity contribution is 6.67. The van der Waals surface area contributed by atoms with E-state index in [1.54, 1.807) is 0 Å². The lowest BCUT2D eigenvalue weighted by Crippen LogP contribution is -1.95. The zero-order chi connectivity index (χ0) is 15.1. The summed E-state index contributed by atoms with van der Waals surface area (Å²) in [6.45, 7) is 2.22. The molecular weight excluding hydrogens is 284 g/mol. The molecule has 110 valence electrons. The van der Waals surface area contributed by atoms with E-state index in [-0.39, 0.29) is 0 Å². The van der Waals surface area contributed by atoms with Crippen LogP contribution in [0.15, 0.2) is 36.7 Å². The van der Waals surface area contributed by atoms with Gasteiger partial charge in [-0.15, -0.1) is 0 Å². The number of unbranched alkanes of at least 4 members (excludes halogenated alkanes) is 3. The van der Waals surface area contributed by atoms with E-state index in [0.29, 0.717) is 11.4 Å². The smallest absolute Gasteiger partial charge is 0.255 e. The van der Waals surface area contributed by atoms with Crippen molar-refractivity contribution < 1.29 is 4.79 Å². The molecule has 2 aromatic rings. The SMILES string of the molecule is CCCCCCc1ccc(-c2ncc(C(=O)Cl)cn2)cc1. The first-order chi connectivity index (χ1) is 10.2. The normalized spacial score (nSPS) is 10.6. The van der Waals surface area contributed by atoms with Crippen molar-refractivity contribution in [3.63, 3.8) is 0 Å². The van der Waals surface area contributed by atoms with Crippen molar-refractivity contribution in [2.45, 2.75) is 39.0 Å². The van der Waals surface area contributed by atoms with Gasteiger partial charge in [-0.3, -0.25) is 4.79 Å². The minimum absolute atomic E-state index is 0.313. The van der Waals surface area contributed by atoms with Crippen molar-refractivity contribution in [2.24, 2.45) is 0 Å². The lowest BCUT2D eigenvalue weighted by molar-refractivity contribution is 0.108. The third kappa shape index (κ3) is 4.64. The molecule has 0 aliphatic carbocycles. The molecule has 0 atom stereocenters. The van der Waals surface area contributed by atoms with Gasteiger partial charge in [0.2, 0.25) is 0 Å². The highest BCUT2D eigenvalue weighted by Gasteiger charge is 2.05. The maximum atomic E-state index is 11.0. The number of hydrogen-bond acceptors (Lipinski definition) is 3. The average Bonchev–Trinajstić information content (AvgIpc) is 2.52. The molecule has 0 fully saturated rings. The van der Waals surface area contributed by atoms with Crippen LogP contribution in [0, 0.1) is 0 Å². The van der Waals surface area contributed by atoms with Crippen molar-refractivity contribution >= 4 is 16.8 Å². The van der Waals surface area contributed by atoms with Gasteiger partial charge in [0.1, 0.15) is 0 Å². The average molecular weight is 303 g/mol. The summed E-state index contributed by atoms with van der Waals surface area (Å²) in [4.78, 5) is 19.3. The third-order valence-corrected chi connectivity index (χ3v) is 3.63. The number of carbonyl (C=O) groups is 1. The molecule has 0 radical (unpaired) electrons. The molecule has 0 N–H and O–H groups in total. The van der Waals surface area contributed by atoms with Gasteiger partial charge in [-0.1, -0.05) is 50.5 Å². The van der Waals surface area contributed by atoms with E-state index in [0.717, 1.165) is 12.0 Å². The van der Waals surface area contributed by atoms with Crippen LogP contribution in [0.4, 0.5) is 0 Å². The monoisotopic (exact) mass is 302 g/mol. The Kier molecular flexibility index (Phi) is 5.88. The van der Waals surface area contributed by atoms with Crippen molar-refractivity contribution in [3.8, 4) is 11.4 Å². The summed E-state index contributed by atoms with van der Waals surface area (Å²) in [6.07, 6.45) is 9.10. The minimum atomic E-state index is -0.538. The first kappa shape index (κ1) is 15.6. The summed E-state index contributed by atoms with van der Waals surface area (Å²) < 4.78 is 0. The number of nitrogens with zero attached hydrogens (tertiary/aromatic N) is 2. The predicted molar refractivity (Wildman–Crippen MR) is 85.5 cm³/mol. The summed E-state index contributed by atoms with van der Waals surface area (Å²) in [5.74, 6) is 0.606. The standard InChI is InChI=1S/C17H19ClN2O/c1-2-3-4-5-6-13-7-9-14(10-8-13)17-19-11-15(12-20-17)16(18)21/h7-12H,2-6H2,1H3. The summed E-state index contributed by atoms with van der Waals surface area (Å²) in [6, 6.07) is 8.27. The fourth-order valence-corrected chi connectivity index (χ4v) is 2.25. The maximum Gasteiger partial charge on any atom is 0.255 e. The number of aromatic nitrogens is 2. The third-order valence-electron chi connectivity index (χ3n) is 3.41. The number of rotatable bonds is 7. The highest BCUT2D eigenvalue weighted by Crippen LogP contribution is 2.17. The van der Waals surface area contributed by atoms with Crippen LogP contribution in [0.25, 0.3) is 11.4 Å². The molecule has 21 heavy (non-hydrogen) atoms. The zero-order valence-corrected chi connectivity index (χ0v) is 12.9. The largest absolute Gasteiger partial charge is 0.275 e. The number of aryl methyl sites for hydroxylation is 1. The molecule has 1 aromatic carbocycles. The van der Waals surface area contributed by atoms with Gasteiger partial charge < -0.3 is 0 Å². The molecule has 0 unspecified atom stereocenters. The number of hydrogen-bond donors (Lipinski definition) is 0. The minimum Gasteiger partial charge on any atom is -0.275 e. The molecule has 1 heterocycles. The predicted octanol–water partition coefficient (Wildman–Crippen LogP) is 4.65. The molecular formula is C17H19ClN2O. The lowest BCUT2D eigenvalue weighted by atomic mass is 10.0. The Morgan fingerprint density at radius 2 is 1.71 bits per heavy atom. The molecule has 0 bridgehead atoms. The van der Waals surface area contributed by atoms with Gasteiger partial charge in [0.15, 0.2) is 5.82 Å². The molecule has 2 rings (SSSR count). The lowest BCUT2D eigenvalue weighted by Gasteiger charge is -2.04. The van der Waals surface area contributed by atoms with Crippen LogP contribution in [0.1, 0.15) is 48.5 Å². The molecule has 0 aliphatic rings. The second kappa shape index (κ2) is 7.89. The van der Waals surface area contributed by atoms with Crippen molar-refractivity contribution in [1.29, 1.82) is 0 Å². The zero-order valence-electron chi connectivity index (χ0n) is 12.2. The summed E-state index contributed by atoms with van der Waals surface area (Å²) in [5.41, 5.74) is 2.59. The Bertz CT molecular complexity index is 579. The van der Waals surface area contributed by atoms with E-state index in [9.17, 15) is 4.79 Å². The summed E-state index contributed by atoms with van der Waals surface area (Å²) in [5, 5.41) is -0.538. The number of benzene rings is 1. The summed E-state index contributed by atoms with van der Waals surface area (Å²) >= 11 is 5.37. The van der Waals surface area contributed by atoms with Crippen LogP contribution < -0.4 is 0 Å². The molecule has 1 aromatic heterocycles. The van der Waals surface area contributed by atoms with Gasteiger partial charge in [-0.2, -0.15) is 0 Å². The first-order valence-corrected chi connectivity index (χ1v) is 7.69. The molecule has 0 aliphatic heterocycles. The van der Waals surface area contributed by atoms with E-state index in [4.69, 9.17) is 11.6 Å². The summed E-state index contributed by atoms with van der Waals surface area (Å²) in [7, 11) is 0. The Morgan fingerprint density at radius 3 is 2.29 bits per heavy atom. The van der Waals surface area contributed by atoms with Crippen LogP contribution >= 0.6 is 11.6 Å². The van der Waals surface area contributed by atoms with Crippen molar-refractivity contribution in [3.05, 3.63) is 47.8 Å².